The van der Waals surface area contributed by atoms with Crippen molar-refractivity contribution in [2.24, 2.45) is 5.73 Å². The highest BCUT2D eigenvalue weighted by atomic mass is 19.2. The zero-order valence-electron chi connectivity index (χ0n) is 13.9. The highest BCUT2D eigenvalue weighted by Gasteiger charge is 2.39. The number of hydrogen-bond acceptors (Lipinski definition) is 2. The predicted molar refractivity (Wildman–Crippen MR) is 90.5 cm³/mol. The van der Waals surface area contributed by atoms with Crippen LogP contribution in [0.25, 0.3) is 0 Å². The lowest BCUT2D eigenvalue weighted by atomic mass is 10.00. The summed E-state index contributed by atoms with van der Waals surface area (Å²) < 4.78 is 26.2. The van der Waals surface area contributed by atoms with Gasteiger partial charge >= 0.3 is 0 Å². The molecule has 0 bridgehead atoms. The van der Waals surface area contributed by atoms with Crippen molar-refractivity contribution in [1.29, 1.82) is 0 Å². The minimum Gasteiger partial charge on any atom is -0.364 e. The summed E-state index contributed by atoms with van der Waals surface area (Å²) in [7, 11) is 0. The van der Waals surface area contributed by atoms with Crippen molar-refractivity contribution in [2.75, 3.05) is 13.1 Å². The molecule has 0 saturated heterocycles. The third kappa shape index (κ3) is 2.89. The van der Waals surface area contributed by atoms with Gasteiger partial charge in [0.15, 0.2) is 11.6 Å². The Hall–Kier alpha value is -2.96. The van der Waals surface area contributed by atoms with Crippen LogP contribution in [0.1, 0.15) is 39.6 Å². The van der Waals surface area contributed by atoms with Crippen molar-refractivity contribution in [3.8, 4) is 0 Å². The van der Waals surface area contributed by atoms with Gasteiger partial charge in [0.2, 0.25) is 5.91 Å². The van der Waals surface area contributed by atoms with Gasteiger partial charge in [0, 0.05) is 24.7 Å². The Bertz CT molecular complexity index is 927. The van der Waals surface area contributed by atoms with E-state index < -0.39 is 17.5 Å². The van der Waals surface area contributed by atoms with Crippen molar-refractivity contribution in [3.63, 3.8) is 0 Å². The molecule has 2 aliphatic rings. The van der Waals surface area contributed by atoms with Gasteiger partial charge in [-0.1, -0.05) is 17.7 Å². The van der Waals surface area contributed by atoms with Crippen LogP contribution < -0.4 is 5.73 Å². The van der Waals surface area contributed by atoms with Gasteiger partial charge in [0.05, 0.1) is 6.42 Å². The third-order valence-electron chi connectivity index (χ3n) is 4.97. The molecule has 1 atom stereocenters. The minimum absolute atomic E-state index is 0.0464. The quantitative estimate of drug-likeness (QED) is 0.823. The lowest BCUT2D eigenvalue weighted by Gasteiger charge is -2.27. The summed E-state index contributed by atoms with van der Waals surface area (Å²) >= 11 is 0. The fraction of sp³-hybridized carbons (Fsp3) is 0.263. The number of aromatic amines is 1. The standard InChI is InChI=1S/C19H17F2N3O2/c20-13-2-1-10(7-14(13)21)8-16(25)24-5-3-11(4-6-24)17-12-9-15(19(22)26)23-18(12)17/h1-3,7,9,17,23H,4-6,8H2,(H2,22,26). The lowest BCUT2D eigenvalue weighted by molar-refractivity contribution is -0.130. The Morgan fingerprint density at radius 1 is 1.23 bits per heavy atom. The van der Waals surface area contributed by atoms with E-state index in [2.05, 4.69) is 4.98 Å². The average Bonchev–Trinajstić information content (AvgIpc) is 3.11. The predicted octanol–water partition coefficient (Wildman–Crippen LogP) is 2.24. The maximum atomic E-state index is 13.3. The van der Waals surface area contributed by atoms with Crippen LogP contribution in [-0.2, 0) is 11.2 Å². The summed E-state index contributed by atoms with van der Waals surface area (Å²) in [4.78, 5) is 28.2. The van der Waals surface area contributed by atoms with Gasteiger partial charge in [-0.3, -0.25) is 9.59 Å². The molecule has 1 aliphatic heterocycles. The number of benzene rings is 1. The molecule has 1 unspecified atom stereocenters. The van der Waals surface area contributed by atoms with Gasteiger partial charge in [0.1, 0.15) is 5.69 Å². The number of primary amides is 1. The second-order valence-corrected chi connectivity index (χ2v) is 6.64. The highest BCUT2D eigenvalue weighted by molar-refractivity contribution is 5.92. The number of carbonyl (C=O) groups is 2. The second kappa shape index (κ2) is 6.09. The van der Waals surface area contributed by atoms with Crippen molar-refractivity contribution in [3.05, 3.63) is 70.1 Å². The van der Waals surface area contributed by atoms with E-state index in [9.17, 15) is 18.4 Å². The topological polar surface area (TPSA) is 79.2 Å². The zero-order valence-corrected chi connectivity index (χ0v) is 13.9. The smallest absolute Gasteiger partial charge is 0.265 e. The molecule has 2 amide bonds. The number of H-pyrrole nitrogens is 1. The number of nitrogens with two attached hydrogens (primary N) is 1. The molecule has 4 rings (SSSR count). The van der Waals surface area contributed by atoms with Crippen LogP contribution in [0.4, 0.5) is 8.78 Å². The summed E-state index contributed by atoms with van der Waals surface area (Å²) in [5.41, 5.74) is 9.45. The molecule has 3 N–H and O–H groups in total. The number of rotatable bonds is 4. The highest BCUT2D eigenvalue weighted by Crippen LogP contribution is 2.49. The van der Waals surface area contributed by atoms with Crippen LogP contribution in [0.3, 0.4) is 0 Å². The maximum Gasteiger partial charge on any atom is 0.265 e. The zero-order chi connectivity index (χ0) is 18.4. The molecule has 0 spiro atoms. The van der Waals surface area contributed by atoms with E-state index in [1.165, 1.54) is 11.6 Å². The Morgan fingerprint density at radius 2 is 2.04 bits per heavy atom. The number of nitrogens with zero attached hydrogens (tertiary/aromatic N) is 1. The molecular formula is C19H17F2N3O2. The lowest BCUT2D eigenvalue weighted by Crippen LogP contribution is -2.36. The van der Waals surface area contributed by atoms with E-state index in [1.54, 1.807) is 11.0 Å². The Morgan fingerprint density at radius 3 is 2.62 bits per heavy atom. The number of carbonyl (C=O) groups excluding carboxylic acids is 2. The molecule has 1 aromatic carbocycles. The molecule has 5 nitrogen and oxygen atoms in total. The van der Waals surface area contributed by atoms with Gasteiger partial charge < -0.3 is 15.6 Å². The van der Waals surface area contributed by atoms with Crippen LogP contribution in [-0.4, -0.2) is 34.8 Å². The SMILES string of the molecule is NC(=O)c1cc2c([nH]1)C2C1=CCN(C(=O)Cc2ccc(F)c(F)c2)CC1. The fourth-order valence-electron chi connectivity index (χ4n) is 3.51. The monoisotopic (exact) mass is 357 g/mol. The largest absolute Gasteiger partial charge is 0.364 e. The molecule has 1 aliphatic carbocycles. The van der Waals surface area contributed by atoms with Gasteiger partial charge in [-0.25, -0.2) is 8.78 Å². The van der Waals surface area contributed by atoms with Crippen molar-refractivity contribution < 1.29 is 18.4 Å². The van der Waals surface area contributed by atoms with E-state index in [0.717, 1.165) is 29.8 Å². The van der Waals surface area contributed by atoms with E-state index >= 15 is 0 Å². The van der Waals surface area contributed by atoms with Crippen molar-refractivity contribution in [1.82, 2.24) is 9.88 Å². The number of hydrogen-bond donors (Lipinski definition) is 2. The normalized spacial score (nSPS) is 18.3. The molecule has 2 aromatic rings. The molecule has 0 saturated carbocycles. The summed E-state index contributed by atoms with van der Waals surface area (Å²) in [6.45, 7) is 1.07. The third-order valence-corrected chi connectivity index (χ3v) is 4.97. The van der Waals surface area contributed by atoms with Gasteiger partial charge in [-0.15, -0.1) is 0 Å². The van der Waals surface area contributed by atoms with E-state index in [4.69, 9.17) is 5.73 Å². The van der Waals surface area contributed by atoms with Crippen LogP contribution >= 0.6 is 0 Å². The Kier molecular flexibility index (Phi) is 3.86. The first-order chi connectivity index (χ1) is 12.4. The van der Waals surface area contributed by atoms with Crippen molar-refractivity contribution in [2.45, 2.75) is 18.8 Å². The first-order valence-corrected chi connectivity index (χ1v) is 8.37. The summed E-state index contributed by atoms with van der Waals surface area (Å²) in [5.74, 6) is -2.24. The summed E-state index contributed by atoms with van der Waals surface area (Å²) in [6.07, 6.45) is 2.81. The molecule has 0 fully saturated rings. The first-order valence-electron chi connectivity index (χ1n) is 8.37. The number of nitrogens with one attached hydrogen (secondary N) is 1. The van der Waals surface area contributed by atoms with E-state index in [1.807, 2.05) is 6.08 Å². The van der Waals surface area contributed by atoms with Gasteiger partial charge in [-0.2, -0.15) is 0 Å². The molecule has 7 heteroatoms. The van der Waals surface area contributed by atoms with E-state index in [-0.39, 0.29) is 18.2 Å². The van der Waals surface area contributed by atoms with Crippen LogP contribution in [0, 0.1) is 11.6 Å². The van der Waals surface area contributed by atoms with Crippen LogP contribution in [0.5, 0.6) is 0 Å². The Balaban J connectivity index is 1.36. The number of fused-ring (bicyclic) bond motifs is 1. The van der Waals surface area contributed by atoms with Gasteiger partial charge in [-0.05, 0) is 35.7 Å². The second-order valence-electron chi connectivity index (χ2n) is 6.64. The van der Waals surface area contributed by atoms with Crippen LogP contribution in [0.2, 0.25) is 0 Å². The minimum atomic E-state index is -0.943. The van der Waals surface area contributed by atoms with Crippen LogP contribution in [0.15, 0.2) is 35.9 Å². The molecule has 2 heterocycles. The van der Waals surface area contributed by atoms with Crippen molar-refractivity contribution >= 4 is 11.8 Å². The number of amides is 2. The molecule has 26 heavy (non-hydrogen) atoms. The first kappa shape index (κ1) is 16.5. The molecule has 0 radical (unpaired) electrons. The summed E-state index contributed by atoms with van der Waals surface area (Å²) in [6, 6.07) is 5.30. The molecule has 134 valence electrons. The average molecular weight is 357 g/mol. The molecular weight excluding hydrogens is 340 g/mol. The van der Waals surface area contributed by atoms with Gasteiger partial charge in [0.25, 0.3) is 5.91 Å². The summed E-state index contributed by atoms with van der Waals surface area (Å²) in [5, 5.41) is 0. The van der Waals surface area contributed by atoms with E-state index in [0.29, 0.717) is 24.3 Å². The number of aromatic nitrogens is 1. The molecule has 1 aromatic heterocycles. The maximum absolute atomic E-state index is 13.3. The number of halogens is 2. The fourth-order valence-corrected chi connectivity index (χ4v) is 3.51. The Labute approximate surface area is 148 Å².